The summed E-state index contributed by atoms with van der Waals surface area (Å²) in [5.41, 5.74) is 1.55. The van der Waals surface area contributed by atoms with Gasteiger partial charge in [-0.3, -0.25) is 14.8 Å². The Morgan fingerprint density at radius 3 is 1.49 bits per heavy atom. The maximum Gasteiger partial charge on any atom is 1.00 e. The molecule has 0 fully saturated rings. The van der Waals surface area contributed by atoms with Gasteiger partial charge in [-0.2, -0.15) is 41.3 Å². The molecule has 0 bridgehead atoms. The fourth-order valence-electron chi connectivity index (χ4n) is 4.56. The van der Waals surface area contributed by atoms with Crippen LogP contribution in [0.3, 0.4) is 0 Å². The van der Waals surface area contributed by atoms with Crippen LogP contribution in [0.15, 0.2) is 73.1 Å². The number of nitrogens with one attached hydrogen (secondary N) is 1. The summed E-state index contributed by atoms with van der Waals surface area (Å²) in [6.45, 7) is 3.50. The van der Waals surface area contributed by atoms with E-state index in [1.165, 1.54) is 12.1 Å². The third kappa shape index (κ3) is 18.7. The zero-order valence-electron chi connectivity index (χ0n) is 35.2. The molecule has 0 aliphatic heterocycles. The predicted octanol–water partition coefficient (Wildman–Crippen LogP) is -0.397. The molecule has 1 N–H and O–H groups in total. The minimum Gasteiger partial charge on any atom is -1.00 e. The first-order chi connectivity index (χ1) is 27.9. The Hall–Kier alpha value is -4.32. The first-order valence-electron chi connectivity index (χ1n) is 16.9. The van der Waals surface area contributed by atoms with Crippen LogP contribution in [-0.2, 0) is 34.9 Å². The van der Waals surface area contributed by atoms with E-state index in [2.05, 4.69) is 60.0 Å². The quantitative estimate of drug-likeness (QED) is 0.0682. The summed E-state index contributed by atoms with van der Waals surface area (Å²) in [6, 6.07) is 15.8. The van der Waals surface area contributed by atoms with Gasteiger partial charge in [0, 0.05) is 50.7 Å². The Morgan fingerprint density at radius 1 is 0.705 bits per heavy atom. The van der Waals surface area contributed by atoms with Gasteiger partial charge in [0.15, 0.2) is 11.6 Å². The molecule has 0 atom stereocenters. The van der Waals surface area contributed by atoms with E-state index in [1.807, 2.05) is 46.1 Å². The summed E-state index contributed by atoms with van der Waals surface area (Å²) in [5.74, 6) is 1.65. The van der Waals surface area contributed by atoms with Gasteiger partial charge in [-0.1, -0.05) is 12.1 Å². The predicted molar refractivity (Wildman–Crippen MR) is 202 cm³/mol. The van der Waals surface area contributed by atoms with Gasteiger partial charge >= 0.3 is 71.5 Å². The molecule has 6 aromatic rings. The van der Waals surface area contributed by atoms with Gasteiger partial charge in [0.25, 0.3) is 6.47 Å². The Kier molecular flexibility index (Phi) is 23.5. The van der Waals surface area contributed by atoms with Crippen LogP contribution in [0.25, 0.3) is 23.0 Å². The molecule has 314 valence electrons. The summed E-state index contributed by atoms with van der Waals surface area (Å²) >= 11 is 5.93. The summed E-state index contributed by atoms with van der Waals surface area (Å²) in [4.78, 5) is 53.8. The van der Waals surface area contributed by atoms with E-state index >= 15 is 0 Å². The fraction of sp³-hybridized carbons (Fsp3) is 0.270. The number of halogens is 7. The van der Waals surface area contributed by atoms with Crippen molar-refractivity contribution in [2.45, 2.75) is 39.0 Å². The van der Waals surface area contributed by atoms with E-state index in [0.717, 1.165) is 35.9 Å². The van der Waals surface area contributed by atoms with Crippen LogP contribution in [0.1, 0.15) is 47.0 Å². The Labute approximate surface area is 397 Å². The smallest absolute Gasteiger partial charge is 1.00 e. The Bertz CT molecular complexity index is 2300. The van der Waals surface area contributed by atoms with E-state index in [-0.39, 0.29) is 96.8 Å². The monoisotopic (exact) mass is 892 g/mol. The average molecular weight is 893 g/mol. The Balaban J connectivity index is 0.00000100. The molecular weight excluding hydrogens is 856 g/mol. The minimum atomic E-state index is -4.51. The van der Waals surface area contributed by atoms with E-state index < -0.39 is 23.7 Å². The van der Waals surface area contributed by atoms with Gasteiger partial charge in [0.05, 0.1) is 0 Å². The summed E-state index contributed by atoms with van der Waals surface area (Å²) in [6.07, 6.45) is -6.59. The number of carbonyl (C=O) groups excluding carboxylic acids is 1. The fourth-order valence-corrected chi connectivity index (χ4v) is 4.74. The third-order valence-corrected chi connectivity index (χ3v) is 7.12. The van der Waals surface area contributed by atoms with E-state index in [0.29, 0.717) is 40.1 Å². The van der Waals surface area contributed by atoms with Gasteiger partial charge in [-0.25, -0.2) is 24.9 Å². The van der Waals surface area contributed by atoms with Gasteiger partial charge in [0.2, 0.25) is 11.2 Å². The number of rotatable bonds is 8. The summed E-state index contributed by atoms with van der Waals surface area (Å²) < 4.78 is 76.9. The molecule has 6 heterocycles. The van der Waals surface area contributed by atoms with E-state index in [9.17, 15) is 26.3 Å². The number of aromatic nitrogens is 10. The standard InChI is InChI=1S/C18H17F3N6.C16H11ClF3N5.C2H7N.CH2O3.2Na.H/c1-11-5-4-6-13(23-11)16-24-15(25-17(26-16)27(2)3)10-12-7-8-22-14(9-12)18(19,20)21;1-9-3-2-4-11(22-9)14-23-13(24-15(17)25-14)8-10-5-6-21-12(7-10)16(18,19)20;1-3-2;2-1-4-3;;;/h4-9H,10H2,1-3H3;2-7H,8H2,1H3;3H,1-2H3;1,3H;;;/q;;;;2*+1;-1/p-1. The SMILES string of the molecule is CNC.Cc1cccc(-c2nc(Cc3ccnc(C(F)(F)F)c3)nc(N(C)C)n2)n1.Cc1cccc(-c2nc(Cl)nc(Cc3ccnc(C(F)(F)F)c3)n2)n1.O=CO[O-].[H-].[Na+].[Na+]. The van der Waals surface area contributed by atoms with Crippen molar-refractivity contribution < 1.29 is 102 Å². The normalized spacial score (nSPS) is 10.5. The van der Waals surface area contributed by atoms with Gasteiger partial charge in [0.1, 0.15) is 34.4 Å². The van der Waals surface area contributed by atoms with Crippen molar-refractivity contribution in [3.63, 3.8) is 0 Å². The van der Waals surface area contributed by atoms with Crippen molar-refractivity contribution in [3.05, 3.63) is 124 Å². The third-order valence-electron chi connectivity index (χ3n) is 6.95. The molecule has 6 aromatic heterocycles. The average Bonchev–Trinajstić information content (AvgIpc) is 3.18. The molecule has 0 unspecified atom stereocenters. The van der Waals surface area contributed by atoms with Gasteiger partial charge in [-0.15, -0.1) is 0 Å². The first-order valence-corrected chi connectivity index (χ1v) is 17.3. The summed E-state index contributed by atoms with van der Waals surface area (Å²) in [7, 11) is 7.31. The second kappa shape index (κ2) is 26.2. The number of nitrogens with zero attached hydrogens (tertiary/aromatic N) is 11. The molecule has 0 radical (unpaired) electrons. The van der Waals surface area contributed by atoms with E-state index in [1.54, 1.807) is 37.2 Å². The molecule has 0 saturated heterocycles. The van der Waals surface area contributed by atoms with Crippen LogP contribution in [0.4, 0.5) is 32.3 Å². The van der Waals surface area contributed by atoms with Crippen molar-refractivity contribution in [2.24, 2.45) is 0 Å². The van der Waals surface area contributed by atoms with Crippen LogP contribution in [0, 0.1) is 13.8 Å². The molecule has 0 spiro atoms. The molecule has 0 saturated carbocycles. The number of hydrogen-bond acceptors (Lipinski definition) is 15. The largest absolute Gasteiger partial charge is 1.00 e. The zero-order chi connectivity index (χ0) is 43.8. The van der Waals surface area contributed by atoms with Crippen LogP contribution >= 0.6 is 11.6 Å². The number of anilines is 1. The van der Waals surface area contributed by atoms with Crippen LogP contribution in [0.2, 0.25) is 5.28 Å². The number of carbonyl (C=O) groups is 1. The second-order valence-corrected chi connectivity index (χ2v) is 12.4. The summed E-state index contributed by atoms with van der Waals surface area (Å²) in [5, 5.41) is 11.1. The number of aryl methyl sites for hydroxylation is 2. The minimum absolute atomic E-state index is 0. The topological polar surface area (TPSA) is 194 Å². The van der Waals surface area contributed by atoms with Gasteiger partial charge in [-0.05, 0) is 99.2 Å². The molecular formula is C37H37ClF6N12Na2O3. The maximum atomic E-state index is 12.9. The zero-order valence-corrected chi connectivity index (χ0v) is 39.0. The Morgan fingerprint density at radius 2 is 1.11 bits per heavy atom. The maximum absolute atomic E-state index is 12.9. The van der Waals surface area contributed by atoms with Crippen LogP contribution in [-0.4, -0.2) is 84.5 Å². The second-order valence-electron chi connectivity index (χ2n) is 12.1. The molecule has 15 nitrogen and oxygen atoms in total. The first kappa shape index (κ1) is 54.7. The number of alkyl halides is 6. The van der Waals surface area contributed by atoms with Crippen molar-refractivity contribution in [2.75, 3.05) is 33.1 Å². The molecule has 0 aliphatic carbocycles. The molecule has 6 rings (SSSR count). The van der Waals surface area contributed by atoms with Crippen molar-refractivity contribution in [1.29, 1.82) is 0 Å². The van der Waals surface area contributed by atoms with Crippen LogP contribution < -0.4 is 74.6 Å². The van der Waals surface area contributed by atoms with Crippen molar-refractivity contribution in [3.8, 4) is 23.0 Å². The number of hydrogen-bond donors (Lipinski definition) is 1. The van der Waals surface area contributed by atoms with Crippen LogP contribution in [0.5, 0.6) is 0 Å². The van der Waals surface area contributed by atoms with Crippen molar-refractivity contribution in [1.82, 2.24) is 55.2 Å². The molecule has 24 heteroatoms. The molecule has 0 amide bonds. The van der Waals surface area contributed by atoms with Crippen molar-refractivity contribution >= 4 is 24.0 Å². The molecule has 0 aliphatic rings. The molecule has 61 heavy (non-hydrogen) atoms. The number of pyridine rings is 4. The molecule has 0 aromatic carbocycles. The van der Waals surface area contributed by atoms with E-state index in [4.69, 9.17) is 21.7 Å². The van der Waals surface area contributed by atoms with Gasteiger partial charge < -0.3 is 21.8 Å².